The molecule has 27 heavy (non-hydrogen) atoms. The van der Waals surface area contributed by atoms with Gasteiger partial charge in [-0.25, -0.2) is 0 Å². The molecule has 0 aromatic carbocycles. The lowest BCUT2D eigenvalue weighted by molar-refractivity contribution is -0.0590. The highest BCUT2D eigenvalue weighted by molar-refractivity contribution is 5.27. The third-order valence-corrected chi connectivity index (χ3v) is 9.00. The van der Waals surface area contributed by atoms with Gasteiger partial charge < -0.3 is 5.11 Å². The fourth-order valence-corrected chi connectivity index (χ4v) is 7.15. The minimum absolute atomic E-state index is 0.0935. The molecule has 0 amide bonds. The van der Waals surface area contributed by atoms with Gasteiger partial charge in [0.25, 0.3) is 0 Å². The van der Waals surface area contributed by atoms with Gasteiger partial charge in [-0.2, -0.15) is 0 Å². The van der Waals surface area contributed by atoms with Crippen LogP contribution in [-0.2, 0) is 0 Å². The van der Waals surface area contributed by atoms with Crippen molar-refractivity contribution in [2.75, 3.05) is 0 Å². The van der Waals surface area contributed by atoms with Gasteiger partial charge in [-0.15, -0.1) is 6.42 Å². The molecule has 0 aliphatic heterocycles. The third-order valence-electron chi connectivity index (χ3n) is 9.00. The summed E-state index contributed by atoms with van der Waals surface area (Å²) in [6, 6.07) is 0. The number of hydrogen-bond donors (Lipinski definition) is 1. The monoisotopic (exact) mass is 372 g/mol. The molecule has 1 nitrogen and oxygen atoms in total. The lowest BCUT2D eigenvalue weighted by atomic mass is 9.46. The zero-order chi connectivity index (χ0) is 20.5. The van der Waals surface area contributed by atoms with E-state index in [0.29, 0.717) is 10.8 Å². The Kier molecular flexibility index (Phi) is 6.95. The predicted octanol–water partition coefficient (Wildman–Crippen LogP) is 7.00. The van der Waals surface area contributed by atoms with Crippen LogP contribution in [0.4, 0.5) is 0 Å². The van der Waals surface area contributed by atoms with Crippen LogP contribution in [0.3, 0.4) is 0 Å². The Hall–Kier alpha value is -0.740. The Morgan fingerprint density at radius 2 is 1.59 bits per heavy atom. The summed E-state index contributed by atoms with van der Waals surface area (Å²) in [6.07, 6.45) is 17.9. The van der Waals surface area contributed by atoms with Crippen LogP contribution in [0.15, 0.2) is 11.6 Å². The molecule has 3 unspecified atom stereocenters. The molecule has 154 valence electrons. The van der Waals surface area contributed by atoms with E-state index in [4.69, 9.17) is 6.42 Å². The van der Waals surface area contributed by atoms with Crippen molar-refractivity contribution in [3.8, 4) is 12.3 Å². The number of fused-ring (bicyclic) bond motifs is 5. The SMILES string of the molecule is C#C[C@]1(C)CCC2C3CC=C4C[C@H](O)CC[C@]4(C)C3CC[C@@]21C.CC.CC. The Labute approximate surface area is 169 Å². The van der Waals surface area contributed by atoms with Crippen LogP contribution in [0.2, 0.25) is 0 Å². The van der Waals surface area contributed by atoms with Gasteiger partial charge in [0.05, 0.1) is 6.10 Å². The topological polar surface area (TPSA) is 20.2 Å². The Morgan fingerprint density at radius 1 is 0.963 bits per heavy atom. The predicted molar refractivity (Wildman–Crippen MR) is 117 cm³/mol. The van der Waals surface area contributed by atoms with Crippen molar-refractivity contribution < 1.29 is 5.11 Å². The second kappa shape index (κ2) is 8.32. The lowest BCUT2D eigenvalue weighted by Gasteiger charge is -2.58. The van der Waals surface area contributed by atoms with E-state index in [0.717, 1.165) is 30.6 Å². The Bertz CT molecular complexity index is 584. The lowest BCUT2D eigenvalue weighted by Crippen LogP contribution is -2.51. The van der Waals surface area contributed by atoms with Crippen LogP contribution in [0.5, 0.6) is 0 Å². The summed E-state index contributed by atoms with van der Waals surface area (Å²) in [4.78, 5) is 0. The molecule has 0 spiro atoms. The standard InChI is InChI=1S/C22H32O.2C2H6/c1-5-20(2)11-9-19-17-7-6-15-14-16(23)8-12-21(15,3)18(17)10-13-22(19,20)4;2*1-2/h1,6,16-19,23H,7-14H2,2-4H3;2*1-2H3/t16-,17?,18?,19?,20-,21+,22+;;/m1../s1. The van der Waals surface area contributed by atoms with Gasteiger partial charge in [0, 0.05) is 5.41 Å². The zero-order valence-corrected chi connectivity index (χ0v) is 19.1. The van der Waals surface area contributed by atoms with Crippen molar-refractivity contribution in [2.24, 2.45) is 34.0 Å². The van der Waals surface area contributed by atoms with E-state index in [1.807, 2.05) is 27.7 Å². The first-order valence-electron chi connectivity index (χ1n) is 11.7. The Balaban J connectivity index is 0.000000614. The summed E-state index contributed by atoms with van der Waals surface area (Å²) in [5.74, 6) is 5.62. The van der Waals surface area contributed by atoms with E-state index < -0.39 is 0 Å². The molecular weight excluding hydrogens is 328 g/mol. The second-order valence-corrected chi connectivity index (χ2v) is 9.63. The van der Waals surface area contributed by atoms with E-state index in [2.05, 4.69) is 32.8 Å². The van der Waals surface area contributed by atoms with E-state index >= 15 is 0 Å². The van der Waals surface area contributed by atoms with Gasteiger partial charge in [0.1, 0.15) is 0 Å². The van der Waals surface area contributed by atoms with Gasteiger partial charge >= 0.3 is 0 Å². The summed E-state index contributed by atoms with van der Waals surface area (Å²) < 4.78 is 0. The molecule has 4 rings (SSSR count). The molecule has 4 aliphatic rings. The normalized spacial score (nSPS) is 47.4. The van der Waals surface area contributed by atoms with Gasteiger partial charge in [-0.1, -0.05) is 59.1 Å². The molecule has 0 aromatic heterocycles. The van der Waals surface area contributed by atoms with Crippen LogP contribution in [0.25, 0.3) is 0 Å². The molecule has 0 aromatic rings. The van der Waals surface area contributed by atoms with Crippen molar-refractivity contribution in [3.05, 3.63) is 11.6 Å². The molecule has 7 atom stereocenters. The molecule has 1 heteroatoms. The highest BCUT2D eigenvalue weighted by Gasteiger charge is 2.61. The molecule has 0 saturated heterocycles. The maximum atomic E-state index is 10.1. The van der Waals surface area contributed by atoms with E-state index in [1.165, 1.54) is 38.5 Å². The highest BCUT2D eigenvalue weighted by Crippen LogP contribution is 2.69. The second-order valence-electron chi connectivity index (χ2n) is 9.63. The summed E-state index contributed by atoms with van der Waals surface area (Å²) in [6.45, 7) is 15.3. The average molecular weight is 373 g/mol. The zero-order valence-electron chi connectivity index (χ0n) is 19.1. The molecule has 0 radical (unpaired) electrons. The first-order chi connectivity index (χ1) is 12.8. The minimum Gasteiger partial charge on any atom is -0.393 e. The maximum absolute atomic E-state index is 10.1. The fourth-order valence-electron chi connectivity index (χ4n) is 7.15. The van der Waals surface area contributed by atoms with Crippen molar-refractivity contribution in [1.82, 2.24) is 0 Å². The quantitative estimate of drug-likeness (QED) is 0.358. The Morgan fingerprint density at radius 3 is 2.22 bits per heavy atom. The largest absolute Gasteiger partial charge is 0.393 e. The van der Waals surface area contributed by atoms with Crippen LogP contribution < -0.4 is 0 Å². The van der Waals surface area contributed by atoms with Crippen molar-refractivity contribution in [1.29, 1.82) is 0 Å². The van der Waals surface area contributed by atoms with Crippen LogP contribution >= 0.6 is 0 Å². The van der Waals surface area contributed by atoms with E-state index in [1.54, 1.807) is 5.57 Å². The minimum atomic E-state index is -0.101. The van der Waals surface area contributed by atoms with Crippen LogP contribution in [0.1, 0.15) is 99.8 Å². The summed E-state index contributed by atoms with van der Waals surface area (Å²) >= 11 is 0. The third kappa shape index (κ3) is 3.31. The maximum Gasteiger partial charge on any atom is 0.0577 e. The number of aliphatic hydroxyl groups excluding tert-OH is 1. The smallest absolute Gasteiger partial charge is 0.0577 e. The van der Waals surface area contributed by atoms with Gasteiger partial charge in [0.15, 0.2) is 0 Å². The summed E-state index contributed by atoms with van der Waals surface area (Å²) in [7, 11) is 0. The van der Waals surface area contributed by atoms with Crippen molar-refractivity contribution >= 4 is 0 Å². The first kappa shape index (κ1) is 22.5. The molecule has 1 N–H and O–H groups in total. The number of allylic oxidation sites excluding steroid dienone is 1. The summed E-state index contributed by atoms with van der Waals surface area (Å²) in [5, 5.41) is 10.1. The van der Waals surface area contributed by atoms with Crippen LogP contribution in [0, 0.1) is 46.3 Å². The molecule has 3 fully saturated rings. The van der Waals surface area contributed by atoms with E-state index in [-0.39, 0.29) is 11.5 Å². The molecule has 4 aliphatic carbocycles. The molecule has 0 bridgehead atoms. The highest BCUT2D eigenvalue weighted by atomic mass is 16.3. The van der Waals surface area contributed by atoms with Gasteiger partial charge in [-0.05, 0) is 86.9 Å². The number of terminal acetylenes is 1. The fraction of sp³-hybridized carbons (Fsp3) is 0.846. The van der Waals surface area contributed by atoms with Crippen molar-refractivity contribution in [2.45, 2.75) is 106 Å². The van der Waals surface area contributed by atoms with E-state index in [9.17, 15) is 5.11 Å². The van der Waals surface area contributed by atoms with Gasteiger partial charge in [0.2, 0.25) is 0 Å². The first-order valence-corrected chi connectivity index (χ1v) is 11.7. The number of aliphatic hydroxyl groups is 1. The number of hydrogen-bond acceptors (Lipinski definition) is 1. The number of rotatable bonds is 0. The summed E-state index contributed by atoms with van der Waals surface area (Å²) in [5.41, 5.74) is 2.34. The van der Waals surface area contributed by atoms with Crippen molar-refractivity contribution in [3.63, 3.8) is 0 Å². The van der Waals surface area contributed by atoms with Gasteiger partial charge in [-0.3, -0.25) is 0 Å². The average Bonchev–Trinajstić information content (AvgIpc) is 2.97. The van der Waals surface area contributed by atoms with Crippen LogP contribution in [-0.4, -0.2) is 11.2 Å². The molecule has 3 saturated carbocycles. The molecular formula is C26H44O. The molecule has 0 heterocycles.